The molecule has 0 bridgehead atoms. The highest BCUT2D eigenvalue weighted by atomic mass is 35.7. The second-order valence-electron chi connectivity index (χ2n) is 3.36. The molecule has 1 aliphatic heterocycles. The summed E-state index contributed by atoms with van der Waals surface area (Å²) in [5, 5.41) is 0. The van der Waals surface area contributed by atoms with Crippen LogP contribution in [0.1, 0.15) is 12.5 Å². The fraction of sp³-hybridized carbons (Fsp3) is 0.400. The summed E-state index contributed by atoms with van der Waals surface area (Å²) in [6.45, 7) is 2.74. The molecule has 0 aromatic heterocycles. The largest absolute Gasteiger partial charge is 0.486 e. The van der Waals surface area contributed by atoms with Gasteiger partial charge in [-0.25, -0.2) is 8.42 Å². The minimum absolute atomic E-state index is 0.0981. The van der Waals surface area contributed by atoms with Gasteiger partial charge in [0.25, 0.3) is 9.05 Å². The van der Waals surface area contributed by atoms with Gasteiger partial charge in [0, 0.05) is 16.2 Å². The zero-order valence-corrected chi connectivity index (χ0v) is 10.3. The molecule has 2 rings (SSSR count). The van der Waals surface area contributed by atoms with Crippen LogP contribution in [0.2, 0.25) is 0 Å². The third-order valence-electron chi connectivity index (χ3n) is 2.38. The van der Waals surface area contributed by atoms with Gasteiger partial charge in [0.1, 0.15) is 13.2 Å². The molecule has 0 saturated heterocycles. The van der Waals surface area contributed by atoms with Crippen molar-refractivity contribution in [1.82, 2.24) is 0 Å². The molecule has 4 nitrogen and oxygen atoms in total. The van der Waals surface area contributed by atoms with Crippen LogP contribution >= 0.6 is 10.7 Å². The number of hydrogen-bond acceptors (Lipinski definition) is 4. The van der Waals surface area contributed by atoms with Gasteiger partial charge in [0.05, 0.1) is 4.90 Å². The Balaban J connectivity index is 2.65. The molecule has 0 amide bonds. The summed E-state index contributed by atoms with van der Waals surface area (Å²) in [4.78, 5) is 0.0981. The van der Waals surface area contributed by atoms with Gasteiger partial charge in [-0.3, -0.25) is 0 Å². The normalized spacial score (nSPS) is 14.9. The first kappa shape index (κ1) is 11.5. The number of fused-ring (bicyclic) bond motifs is 1. The van der Waals surface area contributed by atoms with Crippen molar-refractivity contribution in [3.63, 3.8) is 0 Å². The van der Waals surface area contributed by atoms with Crippen molar-refractivity contribution >= 4 is 19.7 Å². The van der Waals surface area contributed by atoms with Gasteiger partial charge in [-0.1, -0.05) is 6.92 Å². The first-order valence-corrected chi connectivity index (χ1v) is 7.21. The molecule has 6 heteroatoms. The molecule has 0 atom stereocenters. The first-order chi connectivity index (χ1) is 7.54. The van der Waals surface area contributed by atoms with Crippen molar-refractivity contribution in [3.05, 3.63) is 17.7 Å². The summed E-state index contributed by atoms with van der Waals surface area (Å²) >= 11 is 0. The molecule has 88 valence electrons. The fourth-order valence-corrected chi connectivity index (χ4v) is 2.91. The Kier molecular flexibility index (Phi) is 2.99. The van der Waals surface area contributed by atoms with Crippen LogP contribution in [-0.4, -0.2) is 21.6 Å². The summed E-state index contributed by atoms with van der Waals surface area (Å²) in [6.07, 6.45) is 0.522. The number of ether oxygens (including phenoxy) is 2. The first-order valence-electron chi connectivity index (χ1n) is 4.90. The highest BCUT2D eigenvalue weighted by Gasteiger charge is 2.23. The minimum Gasteiger partial charge on any atom is -0.486 e. The van der Waals surface area contributed by atoms with E-state index in [1.807, 2.05) is 6.92 Å². The molecule has 0 spiro atoms. The Morgan fingerprint density at radius 1 is 1.31 bits per heavy atom. The highest BCUT2D eigenvalue weighted by molar-refractivity contribution is 8.13. The molecule has 0 fully saturated rings. The standard InChI is InChI=1S/C10H11ClO4S/c1-2-7-9(16(11,12)13)4-3-8-10(7)15-6-5-14-8/h3-4H,2,5-6H2,1H3. The molecule has 1 heterocycles. The number of hydrogen-bond donors (Lipinski definition) is 0. The Morgan fingerprint density at radius 2 is 2.00 bits per heavy atom. The van der Waals surface area contributed by atoms with Crippen molar-refractivity contribution in [1.29, 1.82) is 0 Å². The molecule has 1 aromatic rings. The van der Waals surface area contributed by atoms with E-state index < -0.39 is 9.05 Å². The van der Waals surface area contributed by atoms with Crippen LogP contribution < -0.4 is 9.47 Å². The van der Waals surface area contributed by atoms with Crippen LogP contribution in [0.3, 0.4) is 0 Å². The Hall–Kier alpha value is -0.940. The van der Waals surface area contributed by atoms with E-state index in [4.69, 9.17) is 20.2 Å². The number of benzene rings is 1. The maximum Gasteiger partial charge on any atom is 0.261 e. The SMILES string of the molecule is CCc1c(S(=O)(=O)Cl)ccc2c1OCCO2. The van der Waals surface area contributed by atoms with Crippen LogP contribution in [0.25, 0.3) is 0 Å². The third kappa shape index (κ3) is 1.97. The zero-order valence-electron chi connectivity index (χ0n) is 8.70. The lowest BCUT2D eigenvalue weighted by Crippen LogP contribution is -2.17. The van der Waals surface area contributed by atoms with E-state index in [1.54, 1.807) is 6.07 Å². The average Bonchev–Trinajstić information content (AvgIpc) is 2.26. The Morgan fingerprint density at radius 3 is 2.62 bits per heavy atom. The van der Waals surface area contributed by atoms with Gasteiger partial charge in [-0.05, 0) is 18.6 Å². The topological polar surface area (TPSA) is 52.6 Å². The minimum atomic E-state index is -3.74. The predicted octanol–water partition coefficient (Wildman–Crippen LogP) is 1.95. The fourth-order valence-electron chi connectivity index (χ4n) is 1.72. The van der Waals surface area contributed by atoms with Crippen LogP contribution in [0.15, 0.2) is 17.0 Å². The van der Waals surface area contributed by atoms with Gasteiger partial charge in [0.2, 0.25) is 0 Å². The number of halogens is 1. The lowest BCUT2D eigenvalue weighted by atomic mass is 10.1. The zero-order chi connectivity index (χ0) is 11.8. The van der Waals surface area contributed by atoms with Crippen molar-refractivity contribution in [2.24, 2.45) is 0 Å². The van der Waals surface area contributed by atoms with Crippen LogP contribution in [-0.2, 0) is 15.5 Å². The van der Waals surface area contributed by atoms with Crippen LogP contribution in [0.5, 0.6) is 11.5 Å². The molecule has 0 aliphatic carbocycles. The lowest BCUT2D eigenvalue weighted by Gasteiger charge is -2.21. The maximum absolute atomic E-state index is 11.4. The van der Waals surface area contributed by atoms with Crippen molar-refractivity contribution in [2.75, 3.05) is 13.2 Å². The number of rotatable bonds is 2. The molecular formula is C10H11ClO4S. The molecule has 0 N–H and O–H groups in total. The van der Waals surface area contributed by atoms with Crippen molar-refractivity contribution in [3.8, 4) is 11.5 Å². The molecule has 1 aliphatic rings. The molecular weight excluding hydrogens is 252 g/mol. The molecule has 1 aromatic carbocycles. The van der Waals surface area contributed by atoms with Gasteiger partial charge < -0.3 is 9.47 Å². The summed E-state index contributed by atoms with van der Waals surface area (Å²) in [5.41, 5.74) is 0.576. The van der Waals surface area contributed by atoms with E-state index in [0.29, 0.717) is 36.7 Å². The Labute approximate surface area is 98.5 Å². The molecule has 0 unspecified atom stereocenters. The Bertz CT molecular complexity index is 510. The maximum atomic E-state index is 11.4. The average molecular weight is 263 g/mol. The second kappa shape index (κ2) is 4.14. The summed E-state index contributed by atoms with van der Waals surface area (Å²) in [7, 11) is 1.62. The van der Waals surface area contributed by atoms with E-state index in [0.717, 1.165) is 0 Å². The highest BCUT2D eigenvalue weighted by Crippen LogP contribution is 2.38. The van der Waals surface area contributed by atoms with E-state index >= 15 is 0 Å². The van der Waals surface area contributed by atoms with E-state index in [2.05, 4.69) is 0 Å². The van der Waals surface area contributed by atoms with Gasteiger partial charge in [0.15, 0.2) is 11.5 Å². The smallest absolute Gasteiger partial charge is 0.261 e. The van der Waals surface area contributed by atoms with E-state index in [-0.39, 0.29) is 4.90 Å². The van der Waals surface area contributed by atoms with E-state index in [1.165, 1.54) is 6.07 Å². The summed E-state index contributed by atoms with van der Waals surface area (Å²) in [5.74, 6) is 1.07. The van der Waals surface area contributed by atoms with Gasteiger partial charge >= 0.3 is 0 Å². The quantitative estimate of drug-likeness (QED) is 0.765. The molecule has 0 saturated carbocycles. The molecule has 0 radical (unpaired) electrons. The third-order valence-corrected chi connectivity index (χ3v) is 3.79. The van der Waals surface area contributed by atoms with Crippen LogP contribution in [0.4, 0.5) is 0 Å². The van der Waals surface area contributed by atoms with Gasteiger partial charge in [-0.15, -0.1) is 0 Å². The van der Waals surface area contributed by atoms with E-state index in [9.17, 15) is 8.42 Å². The van der Waals surface area contributed by atoms with Crippen molar-refractivity contribution in [2.45, 2.75) is 18.2 Å². The monoisotopic (exact) mass is 262 g/mol. The lowest BCUT2D eigenvalue weighted by molar-refractivity contribution is 0.169. The van der Waals surface area contributed by atoms with Gasteiger partial charge in [-0.2, -0.15) is 0 Å². The van der Waals surface area contributed by atoms with Crippen molar-refractivity contribution < 1.29 is 17.9 Å². The summed E-state index contributed by atoms with van der Waals surface area (Å²) < 4.78 is 33.5. The summed E-state index contributed by atoms with van der Waals surface area (Å²) in [6, 6.07) is 3.03. The van der Waals surface area contributed by atoms with Crippen LogP contribution in [0, 0.1) is 0 Å². The second-order valence-corrected chi connectivity index (χ2v) is 5.89. The molecule has 16 heavy (non-hydrogen) atoms. The predicted molar refractivity (Wildman–Crippen MR) is 59.8 cm³/mol.